The summed E-state index contributed by atoms with van der Waals surface area (Å²) >= 11 is 0. The van der Waals surface area contributed by atoms with Crippen molar-refractivity contribution < 1.29 is 14.3 Å². The summed E-state index contributed by atoms with van der Waals surface area (Å²) in [5, 5.41) is 2.60. The van der Waals surface area contributed by atoms with Gasteiger partial charge in [0.15, 0.2) is 0 Å². The Kier molecular flexibility index (Phi) is 2.99. The van der Waals surface area contributed by atoms with Crippen LogP contribution in [0.25, 0.3) is 0 Å². The number of carbonyl (C=O) groups is 2. The molecule has 90 valence electrons. The Balaban J connectivity index is 2.11. The number of hydrogen-bond donors (Lipinski definition) is 1. The van der Waals surface area contributed by atoms with Crippen molar-refractivity contribution in [2.45, 2.75) is 13.0 Å². The highest BCUT2D eigenvalue weighted by molar-refractivity contribution is 6.00. The van der Waals surface area contributed by atoms with E-state index in [4.69, 9.17) is 0 Å². The average Bonchev–Trinajstić information content (AvgIpc) is 2.62. The minimum Gasteiger partial charge on any atom is -0.453 e. The molecule has 0 saturated carbocycles. The Morgan fingerprint density at radius 2 is 2.29 bits per heavy atom. The van der Waals surface area contributed by atoms with Crippen LogP contribution in [0, 0.1) is 0 Å². The third-order valence-electron chi connectivity index (χ3n) is 2.84. The van der Waals surface area contributed by atoms with Gasteiger partial charge in [0, 0.05) is 19.3 Å². The lowest BCUT2D eigenvalue weighted by atomic mass is 10.1. The van der Waals surface area contributed by atoms with Gasteiger partial charge in [-0.15, -0.1) is 0 Å². The van der Waals surface area contributed by atoms with Crippen LogP contribution in [0.3, 0.4) is 0 Å². The van der Waals surface area contributed by atoms with Crippen molar-refractivity contribution in [1.29, 1.82) is 0 Å². The number of ether oxygens (including phenoxy) is 1. The van der Waals surface area contributed by atoms with E-state index in [2.05, 4.69) is 10.1 Å². The van der Waals surface area contributed by atoms with Crippen LogP contribution in [0.15, 0.2) is 18.2 Å². The standard InChI is InChI=1S/C12H14N2O3/c1-14-10-4-3-8(7-13-12(16)17-2)5-9(10)6-11(14)15/h3-5H,6-7H2,1-2H3,(H,13,16). The molecule has 5 nitrogen and oxygen atoms in total. The number of nitrogens with one attached hydrogen (secondary N) is 1. The Morgan fingerprint density at radius 1 is 1.53 bits per heavy atom. The number of hydrogen-bond acceptors (Lipinski definition) is 3. The van der Waals surface area contributed by atoms with Gasteiger partial charge in [0.1, 0.15) is 0 Å². The third kappa shape index (κ3) is 2.22. The fraction of sp³-hybridized carbons (Fsp3) is 0.333. The molecule has 0 fully saturated rings. The topological polar surface area (TPSA) is 58.6 Å². The van der Waals surface area contributed by atoms with Crippen molar-refractivity contribution in [1.82, 2.24) is 5.32 Å². The average molecular weight is 234 g/mol. The normalized spacial score (nSPS) is 13.5. The molecule has 0 radical (unpaired) electrons. The highest BCUT2D eigenvalue weighted by atomic mass is 16.5. The summed E-state index contributed by atoms with van der Waals surface area (Å²) in [5.74, 6) is 0.0954. The van der Waals surface area contributed by atoms with Crippen LogP contribution in [0.1, 0.15) is 11.1 Å². The second-order valence-electron chi connectivity index (χ2n) is 3.94. The summed E-state index contributed by atoms with van der Waals surface area (Å²) in [5.41, 5.74) is 2.90. The first-order valence-electron chi connectivity index (χ1n) is 5.32. The molecule has 0 atom stereocenters. The second kappa shape index (κ2) is 4.45. The maximum absolute atomic E-state index is 11.5. The lowest BCUT2D eigenvalue weighted by Crippen LogP contribution is -2.22. The lowest BCUT2D eigenvalue weighted by Gasteiger charge is -2.10. The molecule has 1 aliphatic rings. The first-order valence-corrected chi connectivity index (χ1v) is 5.32. The van der Waals surface area contributed by atoms with Crippen LogP contribution in [0.2, 0.25) is 0 Å². The van der Waals surface area contributed by atoms with E-state index in [1.807, 2.05) is 18.2 Å². The fourth-order valence-electron chi connectivity index (χ4n) is 1.88. The van der Waals surface area contributed by atoms with Gasteiger partial charge in [0.2, 0.25) is 5.91 Å². The molecule has 2 amide bonds. The minimum absolute atomic E-state index is 0.0954. The van der Waals surface area contributed by atoms with E-state index < -0.39 is 6.09 Å². The predicted octanol–water partition coefficient (Wildman–Crippen LogP) is 1.06. The Hall–Kier alpha value is -2.04. The number of carbonyl (C=O) groups excluding carboxylic acids is 2. The number of methoxy groups -OCH3 is 1. The summed E-state index contributed by atoms with van der Waals surface area (Å²) in [6.07, 6.45) is -0.0311. The quantitative estimate of drug-likeness (QED) is 0.832. The molecule has 1 N–H and O–H groups in total. The predicted molar refractivity (Wildman–Crippen MR) is 62.8 cm³/mol. The third-order valence-corrected chi connectivity index (χ3v) is 2.84. The first-order chi connectivity index (χ1) is 8.11. The van der Waals surface area contributed by atoms with Crippen molar-refractivity contribution in [3.8, 4) is 0 Å². The molecule has 2 rings (SSSR count). The van der Waals surface area contributed by atoms with Gasteiger partial charge in [-0.3, -0.25) is 4.79 Å². The number of benzene rings is 1. The van der Waals surface area contributed by atoms with Crippen LogP contribution in [-0.4, -0.2) is 26.2 Å². The summed E-state index contributed by atoms with van der Waals surface area (Å²) in [7, 11) is 3.09. The Labute approximate surface area is 99.4 Å². The molecule has 5 heteroatoms. The van der Waals surface area contributed by atoms with Gasteiger partial charge in [-0.05, 0) is 17.2 Å². The van der Waals surface area contributed by atoms with Crippen molar-refractivity contribution in [2.75, 3.05) is 19.1 Å². The van der Waals surface area contributed by atoms with Crippen molar-refractivity contribution >= 4 is 17.7 Å². The molecular weight excluding hydrogens is 220 g/mol. The number of alkyl carbamates (subject to hydrolysis) is 1. The largest absolute Gasteiger partial charge is 0.453 e. The molecule has 0 unspecified atom stereocenters. The van der Waals surface area contributed by atoms with E-state index in [0.29, 0.717) is 13.0 Å². The zero-order valence-electron chi connectivity index (χ0n) is 9.82. The van der Waals surface area contributed by atoms with Crippen LogP contribution < -0.4 is 10.2 Å². The maximum Gasteiger partial charge on any atom is 0.407 e. The van der Waals surface area contributed by atoms with Gasteiger partial charge in [0.05, 0.1) is 13.5 Å². The smallest absolute Gasteiger partial charge is 0.407 e. The maximum atomic E-state index is 11.5. The van der Waals surface area contributed by atoms with Crippen molar-refractivity contribution in [3.05, 3.63) is 29.3 Å². The van der Waals surface area contributed by atoms with E-state index in [1.165, 1.54) is 7.11 Å². The van der Waals surface area contributed by atoms with Crippen LogP contribution in [-0.2, 0) is 22.5 Å². The highest BCUT2D eigenvalue weighted by Crippen LogP contribution is 2.28. The number of amides is 2. The SMILES string of the molecule is COC(=O)NCc1ccc2c(c1)CC(=O)N2C. The number of rotatable bonds is 2. The molecule has 1 aliphatic heterocycles. The zero-order chi connectivity index (χ0) is 12.4. The fourth-order valence-corrected chi connectivity index (χ4v) is 1.88. The summed E-state index contributed by atoms with van der Waals surface area (Å²) < 4.78 is 4.49. The minimum atomic E-state index is -0.460. The molecule has 1 heterocycles. The van der Waals surface area contributed by atoms with Crippen molar-refractivity contribution in [3.63, 3.8) is 0 Å². The lowest BCUT2D eigenvalue weighted by molar-refractivity contribution is -0.117. The van der Waals surface area contributed by atoms with E-state index in [1.54, 1.807) is 11.9 Å². The Morgan fingerprint density at radius 3 is 3.00 bits per heavy atom. The number of nitrogens with zero attached hydrogens (tertiary/aromatic N) is 1. The highest BCUT2D eigenvalue weighted by Gasteiger charge is 2.23. The Bertz CT molecular complexity index is 471. The van der Waals surface area contributed by atoms with Gasteiger partial charge in [-0.2, -0.15) is 0 Å². The molecule has 0 spiro atoms. The summed E-state index contributed by atoms with van der Waals surface area (Å²) in [4.78, 5) is 24.1. The van der Waals surface area contributed by atoms with Gasteiger partial charge in [0.25, 0.3) is 0 Å². The molecule has 0 aliphatic carbocycles. The molecule has 0 saturated heterocycles. The second-order valence-corrected chi connectivity index (χ2v) is 3.94. The number of anilines is 1. The van der Waals surface area contributed by atoms with Crippen LogP contribution in [0.4, 0.5) is 10.5 Å². The van der Waals surface area contributed by atoms with E-state index in [9.17, 15) is 9.59 Å². The molecule has 17 heavy (non-hydrogen) atoms. The number of likely N-dealkylation sites (N-methyl/N-ethyl adjacent to an activating group) is 1. The molecular formula is C12H14N2O3. The van der Waals surface area contributed by atoms with Gasteiger partial charge in [-0.25, -0.2) is 4.79 Å². The molecule has 0 bridgehead atoms. The van der Waals surface area contributed by atoms with Gasteiger partial charge >= 0.3 is 6.09 Å². The molecule has 1 aromatic rings. The zero-order valence-corrected chi connectivity index (χ0v) is 9.82. The van der Waals surface area contributed by atoms with E-state index in [-0.39, 0.29) is 5.91 Å². The molecule has 0 aromatic heterocycles. The summed E-state index contributed by atoms with van der Waals surface area (Å²) in [6.45, 7) is 0.401. The van der Waals surface area contributed by atoms with Crippen LogP contribution in [0.5, 0.6) is 0 Å². The van der Waals surface area contributed by atoms with E-state index in [0.717, 1.165) is 16.8 Å². The van der Waals surface area contributed by atoms with Gasteiger partial charge < -0.3 is 15.0 Å². The first kappa shape index (κ1) is 11.4. The van der Waals surface area contributed by atoms with Gasteiger partial charge in [-0.1, -0.05) is 12.1 Å². The van der Waals surface area contributed by atoms with Crippen molar-refractivity contribution in [2.24, 2.45) is 0 Å². The monoisotopic (exact) mass is 234 g/mol. The summed E-state index contributed by atoms with van der Waals surface area (Å²) in [6, 6.07) is 5.73. The molecule has 1 aromatic carbocycles. The number of fused-ring (bicyclic) bond motifs is 1. The van der Waals surface area contributed by atoms with E-state index >= 15 is 0 Å². The van der Waals surface area contributed by atoms with Crippen LogP contribution >= 0.6 is 0 Å².